The van der Waals surface area contributed by atoms with Gasteiger partial charge in [-0.3, -0.25) is 4.79 Å². The Morgan fingerprint density at radius 1 is 1.14 bits per heavy atom. The van der Waals surface area contributed by atoms with E-state index >= 15 is 0 Å². The van der Waals surface area contributed by atoms with Crippen molar-refractivity contribution in [2.45, 2.75) is 6.92 Å². The Labute approximate surface area is 131 Å². The maximum absolute atomic E-state index is 12.6. The predicted molar refractivity (Wildman–Crippen MR) is 84.2 cm³/mol. The molecule has 21 heavy (non-hydrogen) atoms. The Morgan fingerprint density at radius 3 is 2.48 bits per heavy atom. The first-order chi connectivity index (χ1) is 10.1. The lowest BCUT2D eigenvalue weighted by Gasteiger charge is -2.19. The molecule has 1 aliphatic heterocycles. The fraction of sp³-hybridized carbons (Fsp3) is 0.188. The molecule has 0 fully saturated rings. The van der Waals surface area contributed by atoms with Crippen LogP contribution in [0.1, 0.15) is 21.5 Å². The van der Waals surface area contributed by atoms with Gasteiger partial charge in [-0.1, -0.05) is 0 Å². The number of carbonyl (C=O) groups excluding carboxylic acids is 1. The van der Waals surface area contributed by atoms with Crippen molar-refractivity contribution < 1.29 is 14.3 Å². The molecule has 0 atom stereocenters. The topological polar surface area (TPSA) is 61.5 Å². The molecule has 0 amide bonds. The second-order valence-electron chi connectivity index (χ2n) is 4.88. The van der Waals surface area contributed by atoms with Crippen LogP contribution in [0.25, 0.3) is 0 Å². The molecular formula is C16H14BrNO3. The summed E-state index contributed by atoms with van der Waals surface area (Å²) in [6.07, 6.45) is 0. The van der Waals surface area contributed by atoms with E-state index in [9.17, 15) is 4.79 Å². The second-order valence-corrected chi connectivity index (χ2v) is 5.73. The number of hydrogen-bond acceptors (Lipinski definition) is 4. The van der Waals surface area contributed by atoms with Crippen molar-refractivity contribution in [3.8, 4) is 11.5 Å². The number of rotatable bonds is 2. The number of fused-ring (bicyclic) bond motifs is 1. The average molecular weight is 348 g/mol. The van der Waals surface area contributed by atoms with Crippen LogP contribution in [0.15, 0.2) is 34.8 Å². The summed E-state index contributed by atoms with van der Waals surface area (Å²) >= 11 is 3.43. The number of ether oxygens (including phenoxy) is 2. The molecule has 3 rings (SSSR count). The summed E-state index contributed by atoms with van der Waals surface area (Å²) in [4.78, 5) is 12.6. The largest absolute Gasteiger partial charge is 0.486 e. The minimum atomic E-state index is -0.0815. The van der Waals surface area contributed by atoms with Gasteiger partial charge in [0.05, 0.1) is 0 Å². The fourth-order valence-electron chi connectivity index (χ4n) is 2.21. The molecule has 2 aromatic rings. The molecule has 0 aliphatic carbocycles. The van der Waals surface area contributed by atoms with E-state index < -0.39 is 0 Å². The lowest BCUT2D eigenvalue weighted by Crippen LogP contribution is -2.16. The van der Waals surface area contributed by atoms with Crippen LogP contribution in [0, 0.1) is 6.92 Å². The Bertz CT molecular complexity index is 728. The zero-order valence-corrected chi connectivity index (χ0v) is 13.1. The number of nitrogens with two attached hydrogens (primary N) is 1. The number of hydrogen-bond donors (Lipinski definition) is 1. The van der Waals surface area contributed by atoms with Crippen molar-refractivity contribution in [1.82, 2.24) is 0 Å². The summed E-state index contributed by atoms with van der Waals surface area (Å²) in [7, 11) is 0. The molecule has 4 nitrogen and oxygen atoms in total. The van der Waals surface area contributed by atoms with E-state index in [1.165, 1.54) is 0 Å². The summed E-state index contributed by atoms with van der Waals surface area (Å²) in [5.41, 5.74) is 8.49. The third-order valence-electron chi connectivity index (χ3n) is 3.41. The minimum Gasteiger partial charge on any atom is -0.486 e. The molecular weight excluding hydrogens is 334 g/mol. The van der Waals surface area contributed by atoms with Crippen molar-refractivity contribution in [2.75, 3.05) is 18.9 Å². The highest BCUT2D eigenvalue weighted by molar-refractivity contribution is 9.10. The SMILES string of the molecule is Cc1cc(C(=O)c2cc3c(cc2Br)OCCO3)ccc1N. The Kier molecular flexibility index (Phi) is 3.59. The van der Waals surface area contributed by atoms with E-state index in [1.807, 2.05) is 6.92 Å². The maximum Gasteiger partial charge on any atom is 0.194 e. The van der Waals surface area contributed by atoms with Gasteiger partial charge in [0.2, 0.25) is 0 Å². The fourth-order valence-corrected chi connectivity index (χ4v) is 2.71. The number of nitrogen functional groups attached to an aromatic ring is 1. The van der Waals surface area contributed by atoms with Gasteiger partial charge in [0.15, 0.2) is 17.3 Å². The smallest absolute Gasteiger partial charge is 0.194 e. The standard InChI is InChI=1S/C16H14BrNO3/c1-9-6-10(2-3-13(9)18)16(19)11-7-14-15(8-12(11)17)21-5-4-20-14/h2-3,6-8H,4-5,18H2,1H3. The number of anilines is 1. The normalized spacial score (nSPS) is 13.0. The zero-order chi connectivity index (χ0) is 15.0. The van der Waals surface area contributed by atoms with Gasteiger partial charge in [-0.2, -0.15) is 0 Å². The van der Waals surface area contributed by atoms with Gasteiger partial charge in [-0.15, -0.1) is 0 Å². The lowest BCUT2D eigenvalue weighted by atomic mass is 10.0. The molecule has 0 aromatic heterocycles. The number of halogens is 1. The van der Waals surface area contributed by atoms with Crippen molar-refractivity contribution in [2.24, 2.45) is 0 Å². The Hall–Kier alpha value is -2.01. The van der Waals surface area contributed by atoms with Crippen LogP contribution < -0.4 is 15.2 Å². The van der Waals surface area contributed by atoms with Crippen LogP contribution in [0.5, 0.6) is 11.5 Å². The molecule has 1 aliphatic rings. The number of aryl methyl sites for hydroxylation is 1. The quantitative estimate of drug-likeness (QED) is 0.668. The predicted octanol–water partition coefficient (Wildman–Crippen LogP) is 3.34. The van der Waals surface area contributed by atoms with E-state index in [1.54, 1.807) is 30.3 Å². The van der Waals surface area contributed by atoms with Gasteiger partial charge in [0.1, 0.15) is 13.2 Å². The van der Waals surface area contributed by atoms with E-state index in [0.29, 0.717) is 46.0 Å². The van der Waals surface area contributed by atoms with Gasteiger partial charge in [0, 0.05) is 21.3 Å². The van der Waals surface area contributed by atoms with E-state index in [0.717, 1.165) is 5.56 Å². The van der Waals surface area contributed by atoms with Crippen molar-refractivity contribution >= 4 is 27.4 Å². The second kappa shape index (κ2) is 5.41. The minimum absolute atomic E-state index is 0.0815. The van der Waals surface area contributed by atoms with Crippen molar-refractivity contribution in [3.63, 3.8) is 0 Å². The van der Waals surface area contributed by atoms with Gasteiger partial charge >= 0.3 is 0 Å². The summed E-state index contributed by atoms with van der Waals surface area (Å²) < 4.78 is 11.7. The van der Waals surface area contributed by atoms with Crippen LogP contribution in [0.4, 0.5) is 5.69 Å². The van der Waals surface area contributed by atoms with Crippen LogP contribution in [0.3, 0.4) is 0 Å². The first-order valence-electron chi connectivity index (χ1n) is 6.56. The third-order valence-corrected chi connectivity index (χ3v) is 4.06. The van der Waals surface area contributed by atoms with E-state index in [2.05, 4.69) is 15.9 Å². The molecule has 108 valence electrons. The lowest BCUT2D eigenvalue weighted by molar-refractivity contribution is 0.103. The summed E-state index contributed by atoms with van der Waals surface area (Å²) in [6.45, 7) is 2.89. The maximum atomic E-state index is 12.6. The highest BCUT2D eigenvalue weighted by Crippen LogP contribution is 2.36. The van der Waals surface area contributed by atoms with Crippen LogP contribution in [-0.2, 0) is 0 Å². The molecule has 5 heteroatoms. The molecule has 0 bridgehead atoms. The third kappa shape index (κ3) is 2.61. The van der Waals surface area contributed by atoms with Gasteiger partial charge in [-0.25, -0.2) is 0 Å². The molecule has 2 aromatic carbocycles. The number of benzene rings is 2. The summed E-state index contributed by atoms with van der Waals surface area (Å²) in [5.74, 6) is 1.17. The van der Waals surface area contributed by atoms with Crippen LogP contribution >= 0.6 is 15.9 Å². The molecule has 0 spiro atoms. The van der Waals surface area contributed by atoms with E-state index in [-0.39, 0.29) is 5.78 Å². The number of carbonyl (C=O) groups is 1. The monoisotopic (exact) mass is 347 g/mol. The summed E-state index contributed by atoms with van der Waals surface area (Å²) in [6, 6.07) is 8.75. The molecule has 2 N–H and O–H groups in total. The molecule has 0 saturated carbocycles. The van der Waals surface area contributed by atoms with Crippen LogP contribution in [0.2, 0.25) is 0 Å². The highest BCUT2D eigenvalue weighted by Gasteiger charge is 2.20. The van der Waals surface area contributed by atoms with Gasteiger partial charge in [0.25, 0.3) is 0 Å². The molecule has 1 heterocycles. The molecule has 0 unspecified atom stereocenters. The number of ketones is 1. The van der Waals surface area contributed by atoms with E-state index in [4.69, 9.17) is 15.2 Å². The molecule has 0 saturated heterocycles. The summed E-state index contributed by atoms with van der Waals surface area (Å²) in [5, 5.41) is 0. The first kappa shape index (κ1) is 13.9. The average Bonchev–Trinajstić information content (AvgIpc) is 2.48. The Morgan fingerprint density at radius 2 is 1.81 bits per heavy atom. The first-order valence-corrected chi connectivity index (χ1v) is 7.35. The zero-order valence-electron chi connectivity index (χ0n) is 11.5. The van der Waals surface area contributed by atoms with Gasteiger partial charge in [-0.05, 0) is 58.7 Å². The van der Waals surface area contributed by atoms with Crippen molar-refractivity contribution in [1.29, 1.82) is 0 Å². The Balaban J connectivity index is 2.03. The van der Waals surface area contributed by atoms with Crippen molar-refractivity contribution in [3.05, 3.63) is 51.5 Å². The van der Waals surface area contributed by atoms with Gasteiger partial charge < -0.3 is 15.2 Å². The van der Waals surface area contributed by atoms with Crippen LogP contribution in [-0.4, -0.2) is 19.0 Å². The molecule has 0 radical (unpaired) electrons. The highest BCUT2D eigenvalue weighted by atomic mass is 79.9.